The molecule has 3 nitrogen and oxygen atoms in total. The molecular formula is C7H7O3S. The number of hydrogen-bond acceptors (Lipinski definition) is 4. The van der Waals surface area contributed by atoms with Gasteiger partial charge < -0.3 is 9.47 Å². The summed E-state index contributed by atoms with van der Waals surface area (Å²) in [5, 5.41) is 4.45. The zero-order chi connectivity index (χ0) is 8.27. The number of thiophene rings is 1. The Bertz CT molecular complexity index is 254. The Morgan fingerprint density at radius 3 is 2.91 bits per heavy atom. The lowest BCUT2D eigenvalue weighted by Crippen LogP contribution is -2.01. The van der Waals surface area contributed by atoms with Gasteiger partial charge in [0.15, 0.2) is 0 Å². The largest absolute Gasteiger partial charge is 0.495 e. The van der Waals surface area contributed by atoms with Crippen molar-refractivity contribution >= 4 is 17.3 Å². The monoisotopic (exact) mass is 171 g/mol. The number of esters is 1. The van der Waals surface area contributed by atoms with E-state index in [0.29, 0.717) is 11.3 Å². The fraction of sp³-hybridized carbons (Fsp3) is 0.286. The highest BCUT2D eigenvalue weighted by molar-refractivity contribution is 7.08. The molecule has 0 aromatic carbocycles. The molecule has 1 heterocycles. The SMILES string of the molecule is COC(=O)c1[c]scc1OC. The van der Waals surface area contributed by atoms with E-state index in [0.717, 1.165) is 0 Å². The van der Waals surface area contributed by atoms with Gasteiger partial charge in [0.2, 0.25) is 0 Å². The molecule has 0 aliphatic carbocycles. The lowest BCUT2D eigenvalue weighted by Gasteiger charge is -1.98. The summed E-state index contributed by atoms with van der Waals surface area (Å²) >= 11 is 1.28. The number of rotatable bonds is 2. The molecule has 4 heteroatoms. The van der Waals surface area contributed by atoms with E-state index in [9.17, 15) is 4.79 Å². The topological polar surface area (TPSA) is 35.5 Å². The number of carbonyl (C=O) groups is 1. The average molecular weight is 171 g/mol. The van der Waals surface area contributed by atoms with E-state index in [1.54, 1.807) is 5.38 Å². The second-order valence-corrected chi connectivity index (χ2v) is 2.45. The van der Waals surface area contributed by atoms with Gasteiger partial charge >= 0.3 is 5.97 Å². The Hall–Kier alpha value is -1.03. The molecule has 0 amide bonds. The Balaban J connectivity index is 2.92. The molecule has 0 saturated heterocycles. The van der Waals surface area contributed by atoms with Crippen LogP contribution in [0.5, 0.6) is 5.75 Å². The van der Waals surface area contributed by atoms with Gasteiger partial charge in [0.25, 0.3) is 0 Å². The smallest absolute Gasteiger partial charge is 0.343 e. The number of hydrogen-bond donors (Lipinski definition) is 0. The number of methoxy groups -OCH3 is 2. The molecular weight excluding hydrogens is 164 g/mol. The van der Waals surface area contributed by atoms with Gasteiger partial charge in [-0.1, -0.05) is 0 Å². The minimum atomic E-state index is -0.414. The summed E-state index contributed by atoms with van der Waals surface area (Å²) in [4.78, 5) is 10.9. The van der Waals surface area contributed by atoms with Crippen LogP contribution >= 0.6 is 11.3 Å². The minimum Gasteiger partial charge on any atom is -0.495 e. The highest BCUT2D eigenvalue weighted by Crippen LogP contribution is 2.22. The minimum absolute atomic E-state index is 0.361. The molecule has 59 valence electrons. The van der Waals surface area contributed by atoms with Gasteiger partial charge in [0, 0.05) is 5.38 Å². The van der Waals surface area contributed by atoms with Gasteiger partial charge in [-0.2, -0.15) is 0 Å². The lowest BCUT2D eigenvalue weighted by atomic mass is 10.3. The van der Waals surface area contributed by atoms with Crippen molar-refractivity contribution in [3.63, 3.8) is 0 Å². The molecule has 0 spiro atoms. The third kappa shape index (κ3) is 1.51. The van der Waals surface area contributed by atoms with Gasteiger partial charge in [-0.25, -0.2) is 4.79 Å². The lowest BCUT2D eigenvalue weighted by molar-refractivity contribution is 0.0597. The molecule has 0 bridgehead atoms. The molecule has 0 saturated carbocycles. The third-order valence-corrected chi connectivity index (χ3v) is 1.84. The predicted molar refractivity (Wildman–Crippen MR) is 41.0 cm³/mol. The van der Waals surface area contributed by atoms with E-state index >= 15 is 0 Å². The van der Waals surface area contributed by atoms with Crippen molar-refractivity contribution in [3.05, 3.63) is 16.3 Å². The van der Waals surface area contributed by atoms with Crippen molar-refractivity contribution in [2.24, 2.45) is 0 Å². The van der Waals surface area contributed by atoms with Crippen LogP contribution in [0.25, 0.3) is 0 Å². The molecule has 1 rings (SSSR count). The van der Waals surface area contributed by atoms with E-state index in [4.69, 9.17) is 4.74 Å². The summed E-state index contributed by atoms with van der Waals surface area (Å²) in [7, 11) is 2.83. The van der Waals surface area contributed by atoms with Gasteiger partial charge in [-0.05, 0) is 0 Å². The highest BCUT2D eigenvalue weighted by Gasteiger charge is 2.13. The zero-order valence-corrected chi connectivity index (χ0v) is 7.03. The van der Waals surface area contributed by atoms with Crippen LogP contribution in [0.1, 0.15) is 10.4 Å². The predicted octanol–water partition coefficient (Wildman–Crippen LogP) is 1.34. The van der Waals surface area contributed by atoms with Crippen molar-refractivity contribution in [1.82, 2.24) is 0 Å². The Morgan fingerprint density at radius 1 is 1.64 bits per heavy atom. The van der Waals surface area contributed by atoms with Gasteiger partial charge in [0.05, 0.1) is 19.6 Å². The van der Waals surface area contributed by atoms with Crippen molar-refractivity contribution in [2.75, 3.05) is 14.2 Å². The Kier molecular flexibility index (Phi) is 2.48. The molecule has 1 radical (unpaired) electrons. The fourth-order valence-electron chi connectivity index (χ4n) is 0.646. The van der Waals surface area contributed by atoms with Crippen LogP contribution < -0.4 is 4.74 Å². The maximum Gasteiger partial charge on any atom is 0.343 e. The van der Waals surface area contributed by atoms with E-state index in [-0.39, 0.29) is 0 Å². The standard InChI is InChI=1S/C7H7O3S/c1-9-6-4-11-3-5(6)7(8)10-2/h4H,1-2H3. The van der Waals surface area contributed by atoms with Crippen molar-refractivity contribution in [1.29, 1.82) is 0 Å². The molecule has 0 aliphatic rings. The maximum absolute atomic E-state index is 10.9. The van der Waals surface area contributed by atoms with E-state index in [1.807, 2.05) is 0 Å². The van der Waals surface area contributed by atoms with Crippen LogP contribution in [0.4, 0.5) is 0 Å². The van der Waals surface area contributed by atoms with Crippen LogP contribution in [-0.4, -0.2) is 20.2 Å². The number of carbonyl (C=O) groups excluding carboxylic acids is 1. The summed E-state index contributed by atoms with van der Waals surface area (Å²) in [5.41, 5.74) is 0.361. The first kappa shape index (κ1) is 8.07. The molecule has 0 aliphatic heterocycles. The van der Waals surface area contributed by atoms with Crippen LogP contribution in [0.15, 0.2) is 5.38 Å². The molecule has 0 N–H and O–H groups in total. The van der Waals surface area contributed by atoms with E-state index in [2.05, 4.69) is 10.1 Å². The molecule has 1 aromatic rings. The summed E-state index contributed by atoms with van der Waals surface area (Å²) in [6.07, 6.45) is 0. The summed E-state index contributed by atoms with van der Waals surface area (Å²) in [5.74, 6) is 0.102. The van der Waals surface area contributed by atoms with Crippen LogP contribution in [0.2, 0.25) is 0 Å². The maximum atomic E-state index is 10.9. The van der Waals surface area contributed by atoms with Crippen LogP contribution in [0.3, 0.4) is 0 Å². The van der Waals surface area contributed by atoms with Gasteiger partial charge in [0.1, 0.15) is 11.3 Å². The Labute approximate surface area is 68.6 Å². The summed E-state index contributed by atoms with van der Waals surface area (Å²) < 4.78 is 9.38. The highest BCUT2D eigenvalue weighted by atomic mass is 32.1. The summed E-state index contributed by atoms with van der Waals surface area (Å²) in [6.45, 7) is 0. The van der Waals surface area contributed by atoms with Crippen molar-refractivity contribution in [2.45, 2.75) is 0 Å². The fourth-order valence-corrected chi connectivity index (χ4v) is 1.33. The van der Waals surface area contributed by atoms with Gasteiger partial charge in [-0.3, -0.25) is 0 Å². The third-order valence-electron chi connectivity index (χ3n) is 1.18. The number of ether oxygens (including phenoxy) is 2. The zero-order valence-electron chi connectivity index (χ0n) is 6.21. The average Bonchev–Trinajstić information content (AvgIpc) is 2.50. The molecule has 0 unspecified atom stereocenters. The van der Waals surface area contributed by atoms with Crippen molar-refractivity contribution < 1.29 is 14.3 Å². The van der Waals surface area contributed by atoms with Crippen molar-refractivity contribution in [3.8, 4) is 5.75 Å². The van der Waals surface area contributed by atoms with Crippen LogP contribution in [0, 0.1) is 5.38 Å². The molecule has 11 heavy (non-hydrogen) atoms. The van der Waals surface area contributed by atoms with E-state index in [1.165, 1.54) is 25.6 Å². The molecule has 1 aromatic heterocycles. The first-order valence-corrected chi connectivity index (χ1v) is 3.79. The Morgan fingerprint density at radius 2 is 2.36 bits per heavy atom. The molecule has 0 atom stereocenters. The second-order valence-electron chi connectivity index (χ2n) is 1.77. The first-order valence-electron chi connectivity index (χ1n) is 2.91. The first-order chi connectivity index (χ1) is 5.29. The van der Waals surface area contributed by atoms with Gasteiger partial charge in [-0.15, -0.1) is 11.3 Å². The quantitative estimate of drug-likeness (QED) is 0.630. The van der Waals surface area contributed by atoms with Crippen LogP contribution in [-0.2, 0) is 4.74 Å². The second kappa shape index (κ2) is 3.39. The summed E-state index contributed by atoms with van der Waals surface area (Å²) in [6, 6.07) is 0. The normalized spacial score (nSPS) is 9.27. The molecule has 0 fully saturated rings. The van der Waals surface area contributed by atoms with E-state index < -0.39 is 5.97 Å².